The van der Waals surface area contributed by atoms with E-state index < -0.39 is 16.6 Å². The number of ether oxygens (including phenoxy) is 1. The van der Waals surface area contributed by atoms with Crippen molar-refractivity contribution in [1.82, 2.24) is 9.21 Å². The van der Waals surface area contributed by atoms with Crippen LogP contribution in [-0.4, -0.2) is 50.3 Å². The molecule has 0 aliphatic heterocycles. The van der Waals surface area contributed by atoms with Crippen LogP contribution in [0.2, 0.25) is 0 Å². The number of carbonyl (C=O) groups excluding carboxylic acids is 1. The Morgan fingerprint density at radius 1 is 1.07 bits per heavy atom. The zero-order chi connectivity index (χ0) is 22.5. The van der Waals surface area contributed by atoms with E-state index in [0.29, 0.717) is 18.7 Å². The average molecular weight is 441 g/mol. The molecule has 0 heterocycles. The molecule has 30 heavy (non-hydrogen) atoms. The summed E-state index contributed by atoms with van der Waals surface area (Å²) in [6.07, 6.45) is 0. The van der Waals surface area contributed by atoms with Gasteiger partial charge in [-0.2, -0.15) is 13.1 Å². The second kappa shape index (κ2) is 9.99. The minimum Gasteiger partial charge on any atom is -0.435 e. The van der Waals surface area contributed by atoms with Crippen molar-refractivity contribution >= 4 is 15.9 Å². The van der Waals surface area contributed by atoms with E-state index in [1.54, 1.807) is 52.1 Å². The Morgan fingerprint density at radius 2 is 1.67 bits per heavy atom. The number of amides is 1. The largest absolute Gasteiger partial charge is 0.435 e. The second-order valence-corrected chi connectivity index (χ2v) is 8.66. The summed E-state index contributed by atoms with van der Waals surface area (Å²) in [5.74, 6) is -0.314. The molecular formula is C21H26F2N2O4S. The molecule has 9 heteroatoms. The molecule has 0 atom stereocenters. The van der Waals surface area contributed by atoms with Gasteiger partial charge in [0.25, 0.3) is 5.91 Å². The summed E-state index contributed by atoms with van der Waals surface area (Å²) in [4.78, 5) is 14.4. The van der Waals surface area contributed by atoms with Gasteiger partial charge in [-0.05, 0) is 42.3 Å². The van der Waals surface area contributed by atoms with Crippen LogP contribution >= 0.6 is 0 Å². The highest BCUT2D eigenvalue weighted by Crippen LogP contribution is 2.23. The molecule has 0 aliphatic rings. The van der Waals surface area contributed by atoms with Crippen LogP contribution in [0, 0.1) is 6.92 Å². The highest BCUT2D eigenvalue weighted by atomic mass is 32.2. The summed E-state index contributed by atoms with van der Waals surface area (Å²) in [6.45, 7) is 3.21. The highest BCUT2D eigenvalue weighted by molar-refractivity contribution is 7.89. The van der Waals surface area contributed by atoms with Gasteiger partial charge in [0.1, 0.15) is 5.75 Å². The lowest BCUT2D eigenvalue weighted by Crippen LogP contribution is -2.31. The summed E-state index contributed by atoms with van der Waals surface area (Å²) in [7, 11) is -2.11. The van der Waals surface area contributed by atoms with Gasteiger partial charge in [0.05, 0.1) is 4.90 Å². The average Bonchev–Trinajstić information content (AvgIpc) is 2.69. The molecule has 2 rings (SSSR count). The van der Waals surface area contributed by atoms with Gasteiger partial charge >= 0.3 is 6.61 Å². The highest BCUT2D eigenvalue weighted by Gasteiger charge is 2.25. The number of sulfonamides is 1. The molecule has 0 aromatic heterocycles. The van der Waals surface area contributed by atoms with E-state index >= 15 is 0 Å². The van der Waals surface area contributed by atoms with Gasteiger partial charge in [-0.3, -0.25) is 4.79 Å². The third-order valence-electron chi connectivity index (χ3n) is 4.67. The van der Waals surface area contributed by atoms with Gasteiger partial charge in [-0.15, -0.1) is 0 Å². The zero-order valence-corrected chi connectivity index (χ0v) is 18.2. The molecule has 0 unspecified atom stereocenters. The molecule has 0 saturated carbocycles. The van der Waals surface area contributed by atoms with E-state index in [9.17, 15) is 22.0 Å². The molecule has 2 aromatic rings. The number of halogens is 2. The first kappa shape index (κ1) is 23.8. The van der Waals surface area contributed by atoms with Crippen LogP contribution in [0.25, 0.3) is 0 Å². The van der Waals surface area contributed by atoms with Gasteiger partial charge in [0.15, 0.2) is 0 Å². The molecule has 1 amide bonds. The minimum atomic E-state index is -3.70. The lowest BCUT2D eigenvalue weighted by Gasteiger charge is -2.21. The summed E-state index contributed by atoms with van der Waals surface area (Å²) < 4.78 is 55.9. The van der Waals surface area contributed by atoms with Crippen LogP contribution in [0.5, 0.6) is 5.75 Å². The van der Waals surface area contributed by atoms with Crippen molar-refractivity contribution in [3.63, 3.8) is 0 Å². The minimum absolute atomic E-state index is 0.0347. The van der Waals surface area contributed by atoms with Crippen molar-refractivity contribution in [2.24, 2.45) is 0 Å². The predicted molar refractivity (Wildman–Crippen MR) is 110 cm³/mol. The third kappa shape index (κ3) is 5.54. The van der Waals surface area contributed by atoms with Crippen molar-refractivity contribution in [2.75, 3.05) is 20.1 Å². The van der Waals surface area contributed by atoms with Crippen molar-refractivity contribution in [3.05, 3.63) is 59.2 Å². The van der Waals surface area contributed by atoms with Gasteiger partial charge in [-0.25, -0.2) is 8.42 Å². The number of rotatable bonds is 9. The maximum Gasteiger partial charge on any atom is 0.387 e. The Kier molecular flexibility index (Phi) is 7.91. The number of alkyl halides is 2. The van der Waals surface area contributed by atoms with Crippen molar-refractivity contribution in [2.45, 2.75) is 38.8 Å². The Balaban J connectivity index is 2.22. The smallest absolute Gasteiger partial charge is 0.387 e. The quantitative estimate of drug-likeness (QED) is 0.593. The molecular weight excluding hydrogens is 414 g/mol. The molecule has 0 N–H and O–H groups in total. The van der Waals surface area contributed by atoms with Crippen LogP contribution in [0.1, 0.15) is 35.3 Å². The molecule has 6 nitrogen and oxygen atoms in total. The lowest BCUT2D eigenvalue weighted by molar-refractivity contribution is -0.0498. The fourth-order valence-corrected chi connectivity index (χ4v) is 4.76. The van der Waals surface area contributed by atoms with Gasteiger partial charge < -0.3 is 9.64 Å². The van der Waals surface area contributed by atoms with Gasteiger partial charge in [0.2, 0.25) is 10.0 Å². The van der Waals surface area contributed by atoms with Crippen molar-refractivity contribution in [1.29, 1.82) is 0 Å². The first-order valence-electron chi connectivity index (χ1n) is 9.50. The van der Waals surface area contributed by atoms with Crippen LogP contribution in [0.4, 0.5) is 8.78 Å². The molecule has 164 valence electrons. The number of carbonyl (C=O) groups is 1. The standard InChI is InChI=1S/C21H26F2N2O4S/c1-5-25(6-2)30(27,28)19-13-17(10-7-15(19)3)20(26)24(4)14-16-8-11-18(12-9-16)29-21(22)23/h7-13,21H,5-6,14H2,1-4H3. The fourth-order valence-electron chi connectivity index (χ4n) is 3.06. The van der Waals surface area contributed by atoms with E-state index in [1.807, 2.05) is 0 Å². The van der Waals surface area contributed by atoms with Crippen LogP contribution in [0.15, 0.2) is 47.4 Å². The number of aryl methyl sites for hydroxylation is 1. The summed E-state index contributed by atoms with van der Waals surface area (Å²) in [5.41, 5.74) is 1.54. The molecule has 0 spiro atoms. The van der Waals surface area contributed by atoms with E-state index in [0.717, 1.165) is 5.56 Å². The number of nitrogens with zero attached hydrogens (tertiary/aromatic N) is 2. The molecule has 0 aliphatic carbocycles. The fraction of sp³-hybridized carbons (Fsp3) is 0.381. The lowest BCUT2D eigenvalue weighted by atomic mass is 10.1. The number of hydrogen-bond acceptors (Lipinski definition) is 4. The van der Waals surface area contributed by atoms with Crippen molar-refractivity contribution < 1.29 is 26.7 Å². The SMILES string of the molecule is CCN(CC)S(=O)(=O)c1cc(C(=O)N(C)Cc2ccc(OC(F)F)cc2)ccc1C. The Hall–Kier alpha value is -2.52. The van der Waals surface area contributed by atoms with E-state index in [1.165, 1.54) is 27.4 Å². The van der Waals surface area contributed by atoms with Crippen molar-refractivity contribution in [3.8, 4) is 5.75 Å². The normalized spacial score (nSPS) is 11.7. The van der Waals surface area contributed by atoms with Crippen LogP contribution in [-0.2, 0) is 16.6 Å². The second-order valence-electron chi connectivity index (χ2n) is 6.75. The predicted octanol–water partition coefficient (Wildman–Crippen LogP) is 3.90. The van der Waals surface area contributed by atoms with Crippen LogP contribution < -0.4 is 4.74 Å². The first-order chi connectivity index (χ1) is 14.1. The summed E-state index contributed by atoms with van der Waals surface area (Å²) >= 11 is 0. The zero-order valence-electron chi connectivity index (χ0n) is 17.4. The van der Waals surface area contributed by atoms with E-state index in [4.69, 9.17) is 0 Å². The molecule has 0 bridgehead atoms. The Bertz CT molecular complexity index is 975. The molecule has 0 radical (unpaired) electrons. The molecule has 2 aromatic carbocycles. The maximum atomic E-state index is 12.9. The summed E-state index contributed by atoms with van der Waals surface area (Å²) in [6, 6.07) is 10.6. The summed E-state index contributed by atoms with van der Waals surface area (Å²) in [5, 5.41) is 0. The van der Waals surface area contributed by atoms with E-state index in [2.05, 4.69) is 4.74 Å². The Morgan fingerprint density at radius 3 is 2.20 bits per heavy atom. The monoisotopic (exact) mass is 440 g/mol. The van der Waals surface area contributed by atoms with Gasteiger partial charge in [0, 0.05) is 32.2 Å². The van der Waals surface area contributed by atoms with Gasteiger partial charge in [-0.1, -0.05) is 32.0 Å². The number of benzene rings is 2. The van der Waals surface area contributed by atoms with E-state index in [-0.39, 0.29) is 28.7 Å². The molecule has 0 fully saturated rings. The number of hydrogen-bond donors (Lipinski definition) is 0. The topological polar surface area (TPSA) is 66.9 Å². The maximum absolute atomic E-state index is 12.9. The first-order valence-corrected chi connectivity index (χ1v) is 10.9. The Labute approximate surface area is 176 Å². The van der Waals surface area contributed by atoms with Crippen LogP contribution in [0.3, 0.4) is 0 Å². The third-order valence-corrected chi connectivity index (χ3v) is 6.87. The molecule has 0 saturated heterocycles.